The Hall–Kier alpha value is -4.00. The summed E-state index contributed by atoms with van der Waals surface area (Å²) in [5.74, 6) is -0.594. The molecule has 4 aliphatic rings. The monoisotopic (exact) mass is 603 g/mol. The number of benzene rings is 2. The van der Waals surface area contributed by atoms with Crippen molar-refractivity contribution in [3.8, 4) is 5.75 Å². The van der Waals surface area contributed by atoms with Gasteiger partial charge < -0.3 is 20.7 Å². The number of carbonyl (C=O) groups is 4. The van der Waals surface area contributed by atoms with Gasteiger partial charge in [-0.05, 0) is 41.5 Å². The highest BCUT2D eigenvalue weighted by Crippen LogP contribution is 2.39. The van der Waals surface area contributed by atoms with Gasteiger partial charge in [0.1, 0.15) is 30.0 Å². The van der Waals surface area contributed by atoms with Crippen LogP contribution in [-0.4, -0.2) is 67.0 Å². The van der Waals surface area contributed by atoms with Crippen molar-refractivity contribution in [2.75, 3.05) is 18.0 Å². The topological polar surface area (TPSA) is 153 Å². The Morgan fingerprint density at radius 1 is 1.07 bits per heavy atom. The summed E-state index contributed by atoms with van der Waals surface area (Å²) < 4.78 is 5.94. The Morgan fingerprint density at radius 2 is 1.86 bits per heavy atom. The van der Waals surface area contributed by atoms with E-state index in [4.69, 9.17) is 4.74 Å². The van der Waals surface area contributed by atoms with E-state index in [1.165, 1.54) is 0 Å². The summed E-state index contributed by atoms with van der Waals surface area (Å²) in [6, 6.07) is 11.3. The molecule has 6 N–H and O–H groups in total. The molecule has 2 aromatic carbocycles. The third-order valence-corrected chi connectivity index (χ3v) is 9.20. The first-order chi connectivity index (χ1) is 21.3. The number of nitrogens with one attached hydrogen (secondary N) is 6. The second-order valence-corrected chi connectivity index (χ2v) is 12.2. The van der Waals surface area contributed by atoms with Crippen molar-refractivity contribution < 1.29 is 23.9 Å². The average Bonchev–Trinajstić information content (AvgIpc) is 3.76. The number of para-hydroxylation sites is 2. The molecule has 2 aromatic rings. The molecule has 0 aromatic heterocycles. The Labute approximate surface area is 257 Å². The van der Waals surface area contributed by atoms with Crippen molar-refractivity contribution in [3.63, 3.8) is 0 Å². The lowest BCUT2D eigenvalue weighted by Gasteiger charge is -2.30. The van der Waals surface area contributed by atoms with Crippen molar-refractivity contribution in [2.45, 2.75) is 82.6 Å². The second-order valence-electron chi connectivity index (χ2n) is 12.2. The van der Waals surface area contributed by atoms with Gasteiger partial charge in [0.25, 0.3) is 0 Å². The molecule has 4 amide bonds. The van der Waals surface area contributed by atoms with Crippen LogP contribution < -0.4 is 42.0 Å². The van der Waals surface area contributed by atoms with Crippen molar-refractivity contribution in [2.24, 2.45) is 5.92 Å². The van der Waals surface area contributed by atoms with Gasteiger partial charge in [-0.3, -0.25) is 24.1 Å². The summed E-state index contributed by atoms with van der Waals surface area (Å²) in [7, 11) is 0. The summed E-state index contributed by atoms with van der Waals surface area (Å²) in [6.07, 6.45) is 2.51. The summed E-state index contributed by atoms with van der Waals surface area (Å²) in [4.78, 5) is 56.0. The number of ether oxygens (including phenoxy) is 1. The Bertz CT molecular complexity index is 1400. The van der Waals surface area contributed by atoms with Crippen molar-refractivity contribution in [3.05, 3.63) is 59.2 Å². The van der Waals surface area contributed by atoms with Crippen LogP contribution >= 0.6 is 0 Å². The minimum absolute atomic E-state index is 0.0217. The first kappa shape index (κ1) is 30.0. The molecular weight excluding hydrogens is 562 g/mol. The number of aryl methyl sites for hydroxylation is 1. The van der Waals surface area contributed by atoms with Crippen LogP contribution in [-0.2, 0) is 38.4 Å². The molecular formula is C32H41N7O5. The molecule has 4 aliphatic heterocycles. The van der Waals surface area contributed by atoms with Gasteiger partial charge in [-0.1, -0.05) is 56.7 Å². The molecule has 1 saturated heterocycles. The fourth-order valence-corrected chi connectivity index (χ4v) is 6.59. The number of rotatable bonds is 10. The quantitative estimate of drug-likeness (QED) is 0.228. The molecule has 234 valence electrons. The first-order valence-electron chi connectivity index (χ1n) is 15.6. The molecule has 6 rings (SSSR count). The SMILES string of the molecule is CC[C@H](C)[C@H](NC(=O)CC1Cc2ccccc2O1)C(=O)N[C@H]1CCc2cccc3c2N(C1=O)[C@H](C(=O)NCC1CNNN1)C3. The summed E-state index contributed by atoms with van der Waals surface area (Å²) in [6.45, 7) is 4.92. The van der Waals surface area contributed by atoms with E-state index in [0.717, 1.165) is 28.1 Å². The molecule has 12 nitrogen and oxygen atoms in total. The number of hydrazine groups is 2. The third kappa shape index (κ3) is 6.15. The maximum absolute atomic E-state index is 14.1. The molecule has 4 heterocycles. The number of fused-ring (bicyclic) bond motifs is 1. The van der Waals surface area contributed by atoms with Crippen LogP contribution in [0.5, 0.6) is 5.75 Å². The molecule has 44 heavy (non-hydrogen) atoms. The second kappa shape index (κ2) is 12.9. The Kier molecular flexibility index (Phi) is 8.83. The van der Waals surface area contributed by atoms with Crippen molar-refractivity contribution in [1.82, 2.24) is 32.3 Å². The molecule has 0 spiro atoms. The van der Waals surface area contributed by atoms with Gasteiger partial charge in [-0.2, -0.15) is 5.53 Å². The molecule has 0 bridgehead atoms. The van der Waals surface area contributed by atoms with Crippen LogP contribution in [0.15, 0.2) is 42.5 Å². The van der Waals surface area contributed by atoms with Gasteiger partial charge in [0.15, 0.2) is 0 Å². The van der Waals surface area contributed by atoms with E-state index >= 15 is 0 Å². The summed E-state index contributed by atoms with van der Waals surface area (Å²) in [5, 5.41) is 8.87. The lowest BCUT2D eigenvalue weighted by Crippen LogP contribution is -2.58. The molecule has 1 fully saturated rings. The van der Waals surface area contributed by atoms with E-state index < -0.39 is 24.0 Å². The van der Waals surface area contributed by atoms with Gasteiger partial charge in [0.05, 0.1) is 18.2 Å². The smallest absolute Gasteiger partial charge is 0.250 e. The fourth-order valence-electron chi connectivity index (χ4n) is 6.59. The van der Waals surface area contributed by atoms with Crippen LogP contribution in [0.4, 0.5) is 5.69 Å². The molecule has 12 heteroatoms. The highest BCUT2D eigenvalue weighted by molar-refractivity contribution is 6.08. The number of anilines is 1. The zero-order valence-electron chi connectivity index (χ0n) is 25.2. The number of amides is 4. The molecule has 0 radical (unpaired) electrons. The first-order valence-corrected chi connectivity index (χ1v) is 15.6. The fraction of sp³-hybridized carbons (Fsp3) is 0.500. The molecule has 6 atom stereocenters. The van der Waals surface area contributed by atoms with Crippen LogP contribution in [0.25, 0.3) is 0 Å². The lowest BCUT2D eigenvalue weighted by atomic mass is 9.96. The molecule has 0 saturated carbocycles. The third-order valence-electron chi connectivity index (χ3n) is 9.20. The number of nitrogens with zero attached hydrogens (tertiary/aromatic N) is 1. The predicted octanol–water partition coefficient (Wildman–Crippen LogP) is 0.397. The highest BCUT2D eigenvalue weighted by Gasteiger charge is 2.44. The van der Waals surface area contributed by atoms with E-state index in [0.29, 0.717) is 45.2 Å². The van der Waals surface area contributed by atoms with E-state index in [2.05, 4.69) is 32.3 Å². The Morgan fingerprint density at radius 3 is 2.64 bits per heavy atom. The van der Waals surface area contributed by atoms with Gasteiger partial charge in [-0.15, -0.1) is 0 Å². The highest BCUT2D eigenvalue weighted by atomic mass is 16.5. The Balaban J connectivity index is 1.13. The number of hydrogen-bond donors (Lipinski definition) is 6. The predicted molar refractivity (Wildman–Crippen MR) is 163 cm³/mol. The van der Waals surface area contributed by atoms with Crippen LogP contribution in [0.3, 0.4) is 0 Å². The lowest BCUT2D eigenvalue weighted by molar-refractivity contribution is -0.133. The van der Waals surface area contributed by atoms with Crippen LogP contribution in [0.2, 0.25) is 0 Å². The summed E-state index contributed by atoms with van der Waals surface area (Å²) >= 11 is 0. The average molecular weight is 604 g/mol. The minimum atomic E-state index is -0.836. The zero-order valence-corrected chi connectivity index (χ0v) is 25.2. The van der Waals surface area contributed by atoms with Gasteiger partial charge >= 0.3 is 0 Å². The maximum Gasteiger partial charge on any atom is 0.250 e. The number of hydrogen-bond acceptors (Lipinski definition) is 8. The maximum atomic E-state index is 14.1. The van der Waals surface area contributed by atoms with Crippen LogP contribution in [0, 0.1) is 5.92 Å². The van der Waals surface area contributed by atoms with Gasteiger partial charge in [0, 0.05) is 25.9 Å². The largest absolute Gasteiger partial charge is 0.489 e. The molecule has 2 unspecified atom stereocenters. The summed E-state index contributed by atoms with van der Waals surface area (Å²) in [5.41, 5.74) is 12.6. The number of carbonyl (C=O) groups excluding carboxylic acids is 4. The minimum Gasteiger partial charge on any atom is -0.489 e. The van der Waals surface area contributed by atoms with Crippen LogP contribution in [0.1, 0.15) is 49.8 Å². The van der Waals surface area contributed by atoms with E-state index in [1.807, 2.05) is 56.3 Å². The normalized spacial score (nSPS) is 24.9. The van der Waals surface area contributed by atoms with Gasteiger partial charge in [-0.25, -0.2) is 10.9 Å². The van der Waals surface area contributed by atoms with Crippen molar-refractivity contribution in [1.29, 1.82) is 0 Å². The standard InChI is InChI=1S/C32H41N7O5/c1-3-18(2)28(36-27(40)15-23-13-20-7-4-5-10-26(20)44-23)31(42)35-24-12-11-19-8-6-9-21-14-25(39(29(19)21)32(24)43)30(41)33-16-22-17-34-38-37-22/h4-10,18,22-25,28,34,37-38H,3,11-17H2,1-2H3,(H,33,41)(H,35,42)(H,36,40)/t18-,22?,23?,24-,25-,28-/m0/s1. The molecule has 0 aliphatic carbocycles. The van der Waals surface area contributed by atoms with Gasteiger partial charge in [0.2, 0.25) is 23.6 Å². The van der Waals surface area contributed by atoms with E-state index in [9.17, 15) is 19.2 Å². The van der Waals surface area contributed by atoms with E-state index in [-0.39, 0.29) is 42.2 Å². The van der Waals surface area contributed by atoms with E-state index in [1.54, 1.807) is 4.90 Å². The zero-order chi connectivity index (χ0) is 30.8. The van der Waals surface area contributed by atoms with Crippen molar-refractivity contribution >= 4 is 29.3 Å².